The molecular formula is C13H20ClN3S. The molecule has 1 rings (SSSR count). The number of likely N-dealkylation sites (N-methyl/N-ethyl adjacent to an activating group) is 1. The second-order valence-corrected chi connectivity index (χ2v) is 5.43. The second-order valence-electron chi connectivity index (χ2n) is 4.56. The van der Waals surface area contributed by atoms with Crippen molar-refractivity contribution in [2.45, 2.75) is 19.9 Å². The third-order valence-electron chi connectivity index (χ3n) is 2.91. The summed E-state index contributed by atoms with van der Waals surface area (Å²) in [6.07, 6.45) is 0. The van der Waals surface area contributed by atoms with Gasteiger partial charge in [-0.15, -0.1) is 0 Å². The number of nitrogens with zero attached hydrogens (tertiary/aromatic N) is 1. The van der Waals surface area contributed by atoms with Crippen LogP contribution in [-0.2, 0) is 0 Å². The average molecular weight is 286 g/mol. The number of anilines is 1. The first kappa shape index (κ1) is 15.2. The monoisotopic (exact) mass is 285 g/mol. The van der Waals surface area contributed by atoms with Crippen molar-refractivity contribution in [2.24, 2.45) is 5.73 Å². The highest BCUT2D eigenvalue weighted by Crippen LogP contribution is 2.20. The molecule has 0 amide bonds. The highest BCUT2D eigenvalue weighted by atomic mass is 35.5. The van der Waals surface area contributed by atoms with Gasteiger partial charge in [-0.05, 0) is 39.1 Å². The lowest BCUT2D eigenvalue weighted by molar-refractivity contribution is 0.284. The Balaban J connectivity index is 2.65. The number of nitrogens with two attached hydrogens (primary N) is 1. The zero-order chi connectivity index (χ0) is 13.7. The maximum atomic E-state index is 5.94. The lowest BCUT2D eigenvalue weighted by Gasteiger charge is -2.21. The highest BCUT2D eigenvalue weighted by molar-refractivity contribution is 7.80. The standard InChI is InChI=1S/C13H20ClN3S/c1-9(2)17(3)7-6-16-12-5-4-10(14)8-11(12)13(15)18/h4-5,8-9,16H,6-7H2,1-3H3,(H2,15,18). The van der Waals surface area contributed by atoms with E-state index in [9.17, 15) is 0 Å². The van der Waals surface area contributed by atoms with Crippen molar-refractivity contribution in [3.8, 4) is 0 Å². The van der Waals surface area contributed by atoms with Crippen LogP contribution in [0.1, 0.15) is 19.4 Å². The highest BCUT2D eigenvalue weighted by Gasteiger charge is 2.07. The van der Waals surface area contributed by atoms with Crippen LogP contribution in [0.15, 0.2) is 18.2 Å². The van der Waals surface area contributed by atoms with E-state index in [-0.39, 0.29) is 0 Å². The minimum atomic E-state index is 0.359. The lowest BCUT2D eigenvalue weighted by atomic mass is 10.1. The number of hydrogen-bond acceptors (Lipinski definition) is 3. The van der Waals surface area contributed by atoms with Gasteiger partial charge >= 0.3 is 0 Å². The molecule has 100 valence electrons. The molecule has 0 bridgehead atoms. The van der Waals surface area contributed by atoms with E-state index in [1.165, 1.54) is 0 Å². The Hall–Kier alpha value is -0.840. The largest absolute Gasteiger partial charge is 0.389 e. The Labute approximate surface area is 119 Å². The molecular weight excluding hydrogens is 266 g/mol. The number of benzene rings is 1. The van der Waals surface area contributed by atoms with Gasteiger partial charge in [-0.2, -0.15) is 0 Å². The third kappa shape index (κ3) is 4.44. The van der Waals surface area contributed by atoms with E-state index in [1.807, 2.05) is 12.1 Å². The molecule has 5 heteroatoms. The topological polar surface area (TPSA) is 41.3 Å². The summed E-state index contributed by atoms with van der Waals surface area (Å²) in [6, 6.07) is 6.06. The van der Waals surface area contributed by atoms with Crippen LogP contribution in [0.25, 0.3) is 0 Å². The Kier molecular flexibility index (Phi) is 5.85. The molecule has 3 nitrogen and oxygen atoms in total. The smallest absolute Gasteiger partial charge is 0.106 e. The molecule has 0 radical (unpaired) electrons. The minimum Gasteiger partial charge on any atom is -0.389 e. The van der Waals surface area contributed by atoms with Crippen LogP contribution >= 0.6 is 23.8 Å². The maximum Gasteiger partial charge on any atom is 0.106 e. The van der Waals surface area contributed by atoms with Gasteiger partial charge in [0.15, 0.2) is 0 Å². The SMILES string of the molecule is CC(C)N(C)CCNc1ccc(Cl)cc1C(N)=S. The summed E-state index contributed by atoms with van der Waals surface area (Å²) in [5.74, 6) is 0. The Morgan fingerprint density at radius 2 is 2.17 bits per heavy atom. The van der Waals surface area contributed by atoms with Gasteiger partial charge in [-0.1, -0.05) is 23.8 Å². The number of hydrogen-bond donors (Lipinski definition) is 2. The molecule has 1 aromatic carbocycles. The van der Waals surface area contributed by atoms with Crippen molar-refractivity contribution in [3.63, 3.8) is 0 Å². The zero-order valence-corrected chi connectivity index (χ0v) is 12.6. The first-order chi connectivity index (χ1) is 8.41. The Bertz CT molecular complexity index is 421. The van der Waals surface area contributed by atoms with Gasteiger partial charge in [-0.3, -0.25) is 0 Å². The molecule has 0 heterocycles. The lowest BCUT2D eigenvalue weighted by Crippen LogP contribution is -2.31. The van der Waals surface area contributed by atoms with E-state index in [0.717, 1.165) is 24.3 Å². The molecule has 0 saturated heterocycles. The van der Waals surface area contributed by atoms with Gasteiger partial charge in [0.2, 0.25) is 0 Å². The molecule has 3 N–H and O–H groups in total. The van der Waals surface area contributed by atoms with Crippen LogP contribution in [-0.4, -0.2) is 36.1 Å². The van der Waals surface area contributed by atoms with Crippen LogP contribution < -0.4 is 11.1 Å². The quantitative estimate of drug-likeness (QED) is 0.789. The molecule has 0 aliphatic heterocycles. The fraction of sp³-hybridized carbons (Fsp3) is 0.462. The van der Waals surface area contributed by atoms with Gasteiger partial charge in [-0.25, -0.2) is 0 Å². The molecule has 0 aliphatic rings. The van der Waals surface area contributed by atoms with Gasteiger partial charge in [0.1, 0.15) is 4.99 Å². The first-order valence-corrected chi connectivity index (χ1v) is 6.74. The van der Waals surface area contributed by atoms with Crippen molar-refractivity contribution < 1.29 is 0 Å². The minimum absolute atomic E-state index is 0.359. The van der Waals surface area contributed by atoms with Crippen molar-refractivity contribution in [1.82, 2.24) is 4.90 Å². The van der Waals surface area contributed by atoms with Crippen molar-refractivity contribution in [2.75, 3.05) is 25.5 Å². The molecule has 1 aromatic rings. The van der Waals surface area contributed by atoms with Crippen molar-refractivity contribution in [3.05, 3.63) is 28.8 Å². The van der Waals surface area contributed by atoms with E-state index in [2.05, 4.69) is 31.1 Å². The van der Waals surface area contributed by atoms with Gasteiger partial charge in [0.25, 0.3) is 0 Å². The molecule has 18 heavy (non-hydrogen) atoms. The summed E-state index contributed by atoms with van der Waals surface area (Å²) in [4.78, 5) is 2.63. The molecule has 0 atom stereocenters. The summed E-state index contributed by atoms with van der Waals surface area (Å²) in [7, 11) is 2.10. The molecule has 0 spiro atoms. The van der Waals surface area contributed by atoms with E-state index in [4.69, 9.17) is 29.6 Å². The first-order valence-electron chi connectivity index (χ1n) is 5.95. The van der Waals surface area contributed by atoms with E-state index in [0.29, 0.717) is 16.1 Å². The molecule has 0 fully saturated rings. The average Bonchev–Trinajstić information content (AvgIpc) is 2.30. The Morgan fingerprint density at radius 1 is 1.50 bits per heavy atom. The van der Waals surface area contributed by atoms with E-state index in [1.54, 1.807) is 6.07 Å². The number of rotatable bonds is 6. The van der Waals surface area contributed by atoms with Gasteiger partial charge < -0.3 is 16.0 Å². The molecule has 0 aliphatic carbocycles. The summed E-state index contributed by atoms with van der Waals surface area (Å²) in [5, 5.41) is 3.98. The zero-order valence-electron chi connectivity index (χ0n) is 11.0. The Morgan fingerprint density at radius 3 is 2.72 bits per heavy atom. The summed E-state index contributed by atoms with van der Waals surface area (Å²) in [6.45, 7) is 6.13. The van der Waals surface area contributed by atoms with Crippen LogP contribution in [0.2, 0.25) is 5.02 Å². The normalized spacial score (nSPS) is 11.0. The van der Waals surface area contributed by atoms with Crippen LogP contribution in [0.5, 0.6) is 0 Å². The number of nitrogens with one attached hydrogen (secondary N) is 1. The number of thiocarbonyl (C=S) groups is 1. The second kappa shape index (κ2) is 6.92. The van der Waals surface area contributed by atoms with E-state index >= 15 is 0 Å². The molecule has 0 saturated carbocycles. The van der Waals surface area contributed by atoms with Gasteiger partial charge in [0.05, 0.1) is 0 Å². The fourth-order valence-electron chi connectivity index (χ4n) is 1.50. The number of halogens is 1. The summed E-state index contributed by atoms with van der Waals surface area (Å²) < 4.78 is 0. The molecule has 0 unspecified atom stereocenters. The van der Waals surface area contributed by atoms with Crippen molar-refractivity contribution in [1.29, 1.82) is 0 Å². The fourth-order valence-corrected chi connectivity index (χ4v) is 1.84. The maximum absolute atomic E-state index is 5.94. The van der Waals surface area contributed by atoms with Crippen LogP contribution in [0.4, 0.5) is 5.69 Å². The summed E-state index contributed by atoms with van der Waals surface area (Å²) in [5.41, 5.74) is 7.42. The van der Waals surface area contributed by atoms with Gasteiger partial charge in [0, 0.05) is 35.4 Å². The van der Waals surface area contributed by atoms with Crippen LogP contribution in [0, 0.1) is 0 Å². The van der Waals surface area contributed by atoms with Crippen LogP contribution in [0.3, 0.4) is 0 Å². The molecule has 0 aromatic heterocycles. The predicted octanol–water partition coefficient (Wildman–Crippen LogP) is 2.73. The summed E-state index contributed by atoms with van der Waals surface area (Å²) >= 11 is 11.0. The third-order valence-corrected chi connectivity index (χ3v) is 3.36. The van der Waals surface area contributed by atoms with Crippen molar-refractivity contribution >= 4 is 34.5 Å². The predicted molar refractivity (Wildman–Crippen MR) is 83.6 cm³/mol. The van der Waals surface area contributed by atoms with E-state index < -0.39 is 0 Å².